The fourth-order valence-corrected chi connectivity index (χ4v) is 2.23. The van der Waals surface area contributed by atoms with Crippen LogP contribution in [0.5, 0.6) is 0 Å². The quantitative estimate of drug-likeness (QED) is 0.410. The van der Waals surface area contributed by atoms with Gasteiger partial charge in [-0.3, -0.25) is 4.79 Å². The number of hydrogen-bond acceptors (Lipinski definition) is 1. The second-order valence-electron chi connectivity index (χ2n) is 4.91. The maximum absolute atomic E-state index is 11.3. The van der Waals surface area contributed by atoms with Gasteiger partial charge in [-0.2, -0.15) is 0 Å². The predicted molar refractivity (Wildman–Crippen MR) is 78.7 cm³/mol. The highest BCUT2D eigenvalue weighted by Gasteiger charge is 2.02. The Labute approximate surface area is 115 Å². The molecule has 0 bridgehead atoms. The summed E-state index contributed by atoms with van der Waals surface area (Å²) in [5.74, 6) is 0.264. The van der Waals surface area contributed by atoms with E-state index in [1.807, 2.05) is 14.1 Å². The van der Waals surface area contributed by atoms with Gasteiger partial charge in [-0.05, 0) is 12.8 Å². The first-order valence-electron chi connectivity index (χ1n) is 6.94. The van der Waals surface area contributed by atoms with Crippen molar-refractivity contribution in [1.29, 1.82) is 0 Å². The highest BCUT2D eigenvalue weighted by Crippen LogP contribution is 2.11. The van der Waals surface area contributed by atoms with Crippen LogP contribution in [0.3, 0.4) is 0 Å². The van der Waals surface area contributed by atoms with Crippen LogP contribution >= 0.6 is 15.9 Å². The van der Waals surface area contributed by atoms with Crippen LogP contribution < -0.4 is 0 Å². The molecule has 0 rings (SSSR count). The summed E-state index contributed by atoms with van der Waals surface area (Å²) >= 11 is 3.45. The van der Waals surface area contributed by atoms with Crippen LogP contribution in [0.25, 0.3) is 0 Å². The third-order valence-electron chi connectivity index (χ3n) is 3.02. The fraction of sp³-hybridized carbons (Fsp3) is 0.929. The van der Waals surface area contributed by atoms with Crippen LogP contribution in [-0.4, -0.2) is 30.2 Å². The normalized spacial score (nSPS) is 10.5. The fourth-order valence-electron chi connectivity index (χ4n) is 1.83. The maximum Gasteiger partial charge on any atom is 0.222 e. The molecule has 0 heterocycles. The van der Waals surface area contributed by atoms with Gasteiger partial charge in [-0.15, -0.1) is 0 Å². The van der Waals surface area contributed by atoms with Crippen LogP contribution in [0, 0.1) is 0 Å². The van der Waals surface area contributed by atoms with E-state index >= 15 is 0 Å². The maximum atomic E-state index is 11.3. The first kappa shape index (κ1) is 16.9. The Morgan fingerprint density at radius 3 is 1.65 bits per heavy atom. The number of carbonyl (C=O) groups is 1. The number of amides is 1. The van der Waals surface area contributed by atoms with Crippen LogP contribution in [0.15, 0.2) is 0 Å². The van der Waals surface area contributed by atoms with Crippen molar-refractivity contribution in [3.8, 4) is 0 Å². The van der Waals surface area contributed by atoms with Gasteiger partial charge in [0.15, 0.2) is 0 Å². The van der Waals surface area contributed by atoms with E-state index < -0.39 is 0 Å². The van der Waals surface area contributed by atoms with Gasteiger partial charge in [-0.25, -0.2) is 0 Å². The molecule has 0 aromatic rings. The number of hydrogen-bond donors (Lipinski definition) is 0. The molecule has 0 fully saturated rings. The predicted octanol–water partition coefficient (Wildman–Crippen LogP) is 4.37. The molecule has 2 nitrogen and oxygen atoms in total. The lowest BCUT2D eigenvalue weighted by atomic mass is 10.1. The van der Waals surface area contributed by atoms with Crippen molar-refractivity contribution in [2.45, 2.75) is 64.2 Å². The zero-order valence-electron chi connectivity index (χ0n) is 11.5. The molecule has 0 aliphatic rings. The van der Waals surface area contributed by atoms with Crippen molar-refractivity contribution in [2.24, 2.45) is 0 Å². The molecule has 0 radical (unpaired) electrons. The van der Waals surface area contributed by atoms with Crippen LogP contribution in [0.2, 0.25) is 0 Å². The standard InChI is InChI=1S/C14H28BrNO/c1-16(2)14(17)12-10-8-6-4-3-5-7-9-11-13-15/h3-13H2,1-2H3. The third-order valence-corrected chi connectivity index (χ3v) is 3.58. The lowest BCUT2D eigenvalue weighted by Gasteiger charge is -2.09. The largest absolute Gasteiger partial charge is 0.349 e. The Morgan fingerprint density at radius 2 is 1.24 bits per heavy atom. The summed E-state index contributed by atoms with van der Waals surface area (Å²) in [7, 11) is 3.66. The molecule has 0 unspecified atom stereocenters. The molecular formula is C14H28BrNO. The summed E-state index contributed by atoms with van der Waals surface area (Å²) in [5, 5.41) is 1.15. The van der Waals surface area contributed by atoms with Crippen molar-refractivity contribution in [3.05, 3.63) is 0 Å². The molecule has 0 saturated heterocycles. The van der Waals surface area contributed by atoms with E-state index in [1.54, 1.807) is 4.90 Å². The van der Waals surface area contributed by atoms with Crippen molar-refractivity contribution in [3.63, 3.8) is 0 Å². The molecular weight excluding hydrogens is 278 g/mol. The third kappa shape index (κ3) is 12.2. The number of nitrogens with zero attached hydrogens (tertiary/aromatic N) is 1. The van der Waals surface area contributed by atoms with Crippen LogP contribution in [0.1, 0.15) is 64.2 Å². The minimum Gasteiger partial charge on any atom is -0.349 e. The molecule has 0 aliphatic heterocycles. The number of carbonyl (C=O) groups excluding carboxylic acids is 1. The summed E-state index contributed by atoms with van der Waals surface area (Å²) in [5.41, 5.74) is 0. The van der Waals surface area contributed by atoms with Gasteiger partial charge in [0.1, 0.15) is 0 Å². The zero-order valence-corrected chi connectivity index (χ0v) is 13.1. The van der Waals surface area contributed by atoms with E-state index in [-0.39, 0.29) is 5.91 Å². The highest BCUT2D eigenvalue weighted by atomic mass is 79.9. The van der Waals surface area contributed by atoms with Crippen molar-refractivity contribution < 1.29 is 4.79 Å². The number of halogens is 1. The van der Waals surface area contributed by atoms with Gasteiger partial charge in [0.25, 0.3) is 0 Å². The van der Waals surface area contributed by atoms with E-state index in [2.05, 4.69) is 15.9 Å². The zero-order chi connectivity index (χ0) is 12.9. The minimum absolute atomic E-state index is 0.264. The Kier molecular flexibility index (Phi) is 12.4. The van der Waals surface area contributed by atoms with Crippen LogP contribution in [0.4, 0.5) is 0 Å². The first-order valence-corrected chi connectivity index (χ1v) is 8.06. The number of rotatable bonds is 11. The van der Waals surface area contributed by atoms with Gasteiger partial charge in [-0.1, -0.05) is 60.9 Å². The van der Waals surface area contributed by atoms with Gasteiger partial charge in [0.05, 0.1) is 0 Å². The Bertz CT molecular complexity index is 183. The van der Waals surface area contributed by atoms with E-state index in [1.165, 1.54) is 51.4 Å². The minimum atomic E-state index is 0.264. The van der Waals surface area contributed by atoms with Crippen molar-refractivity contribution in [1.82, 2.24) is 4.90 Å². The smallest absolute Gasteiger partial charge is 0.222 e. The SMILES string of the molecule is CN(C)C(=O)CCCCCCCCCCCBr. The molecule has 0 spiro atoms. The van der Waals surface area contributed by atoms with Gasteiger partial charge < -0.3 is 4.90 Å². The monoisotopic (exact) mass is 305 g/mol. The van der Waals surface area contributed by atoms with Crippen LogP contribution in [-0.2, 0) is 4.79 Å². The van der Waals surface area contributed by atoms with Gasteiger partial charge in [0, 0.05) is 25.8 Å². The molecule has 17 heavy (non-hydrogen) atoms. The number of alkyl halides is 1. The molecule has 0 aliphatic carbocycles. The summed E-state index contributed by atoms with van der Waals surface area (Å²) in [4.78, 5) is 13.0. The highest BCUT2D eigenvalue weighted by molar-refractivity contribution is 9.09. The van der Waals surface area contributed by atoms with E-state index in [9.17, 15) is 4.79 Å². The molecule has 0 N–H and O–H groups in total. The average molecular weight is 306 g/mol. The number of unbranched alkanes of at least 4 members (excludes halogenated alkanes) is 8. The van der Waals surface area contributed by atoms with Gasteiger partial charge in [0.2, 0.25) is 5.91 Å². The second kappa shape index (κ2) is 12.4. The van der Waals surface area contributed by atoms with Crippen molar-refractivity contribution in [2.75, 3.05) is 19.4 Å². The summed E-state index contributed by atoms with van der Waals surface area (Å²) < 4.78 is 0. The second-order valence-corrected chi connectivity index (χ2v) is 5.70. The topological polar surface area (TPSA) is 20.3 Å². The van der Waals surface area contributed by atoms with Crippen molar-refractivity contribution >= 4 is 21.8 Å². The first-order chi connectivity index (χ1) is 8.18. The molecule has 0 atom stereocenters. The Morgan fingerprint density at radius 1 is 0.824 bits per heavy atom. The van der Waals surface area contributed by atoms with E-state index in [4.69, 9.17) is 0 Å². The lowest BCUT2D eigenvalue weighted by molar-refractivity contribution is -0.128. The molecule has 102 valence electrons. The Hall–Kier alpha value is -0.0500. The molecule has 0 aromatic heterocycles. The Balaban J connectivity index is 3.06. The lowest BCUT2D eigenvalue weighted by Crippen LogP contribution is -2.20. The van der Waals surface area contributed by atoms with E-state index in [0.29, 0.717) is 0 Å². The molecule has 0 aromatic carbocycles. The molecule has 0 saturated carbocycles. The molecule has 3 heteroatoms. The summed E-state index contributed by atoms with van der Waals surface area (Å²) in [6, 6.07) is 0. The summed E-state index contributed by atoms with van der Waals surface area (Å²) in [6.07, 6.45) is 12.4. The summed E-state index contributed by atoms with van der Waals surface area (Å²) in [6.45, 7) is 0. The molecule has 1 amide bonds. The van der Waals surface area contributed by atoms with Gasteiger partial charge >= 0.3 is 0 Å². The van der Waals surface area contributed by atoms with E-state index in [0.717, 1.165) is 18.2 Å². The average Bonchev–Trinajstić information content (AvgIpc) is 2.31.